The normalized spacial score (nSPS) is 13.6. The van der Waals surface area contributed by atoms with E-state index < -0.39 is 5.60 Å². The van der Waals surface area contributed by atoms with Crippen molar-refractivity contribution in [1.82, 2.24) is 4.98 Å². The van der Waals surface area contributed by atoms with Crippen LogP contribution in [0.4, 0.5) is 0 Å². The molecule has 2 aromatic rings. The zero-order chi connectivity index (χ0) is 13.9. The van der Waals surface area contributed by atoms with E-state index in [9.17, 15) is 5.11 Å². The second-order valence-corrected chi connectivity index (χ2v) is 5.02. The molecule has 4 heteroatoms. The van der Waals surface area contributed by atoms with Crippen LogP contribution in [0.3, 0.4) is 0 Å². The van der Waals surface area contributed by atoms with Gasteiger partial charge in [-0.3, -0.25) is 4.98 Å². The molecule has 0 saturated heterocycles. The first-order valence-electron chi connectivity index (χ1n) is 5.84. The first kappa shape index (κ1) is 13.5. The molecule has 0 aliphatic heterocycles. The average Bonchev–Trinajstić information content (AvgIpc) is 2.41. The molecule has 0 aliphatic rings. The highest BCUT2D eigenvalue weighted by atomic mass is 35.5. The summed E-state index contributed by atoms with van der Waals surface area (Å²) in [5.74, 6) is 0. The maximum atomic E-state index is 10.6. The van der Waals surface area contributed by atoms with E-state index in [0.717, 1.165) is 5.56 Å². The van der Waals surface area contributed by atoms with Crippen molar-refractivity contribution >= 4 is 11.6 Å². The van der Waals surface area contributed by atoms with Crippen LogP contribution in [0.2, 0.25) is 5.02 Å². The van der Waals surface area contributed by atoms with Crippen molar-refractivity contribution in [2.45, 2.75) is 18.9 Å². The number of benzene rings is 1. The van der Waals surface area contributed by atoms with Crippen LogP contribution in [-0.4, -0.2) is 10.1 Å². The minimum absolute atomic E-state index is 0.364. The van der Waals surface area contributed by atoms with Crippen LogP contribution in [0, 0.1) is 11.3 Å². The molecule has 3 nitrogen and oxygen atoms in total. The van der Waals surface area contributed by atoms with Gasteiger partial charge in [-0.2, -0.15) is 5.26 Å². The lowest BCUT2D eigenvalue weighted by Gasteiger charge is -2.24. The van der Waals surface area contributed by atoms with E-state index in [1.165, 1.54) is 0 Å². The van der Waals surface area contributed by atoms with E-state index in [1.54, 1.807) is 49.6 Å². The molecule has 0 amide bonds. The molecular formula is C15H13ClN2O. The molecule has 1 unspecified atom stereocenters. The topological polar surface area (TPSA) is 56.9 Å². The highest BCUT2D eigenvalue weighted by molar-refractivity contribution is 6.31. The summed E-state index contributed by atoms with van der Waals surface area (Å²) in [6.45, 7) is 1.71. The maximum absolute atomic E-state index is 10.6. The van der Waals surface area contributed by atoms with E-state index in [-0.39, 0.29) is 0 Å². The smallest absolute Gasteiger partial charge is 0.0991 e. The molecular weight excluding hydrogens is 260 g/mol. The molecule has 19 heavy (non-hydrogen) atoms. The summed E-state index contributed by atoms with van der Waals surface area (Å²) < 4.78 is 0. The number of halogens is 1. The summed E-state index contributed by atoms with van der Waals surface area (Å²) in [5, 5.41) is 20.0. The Bertz CT molecular complexity index is 632. The molecule has 0 bridgehead atoms. The van der Waals surface area contributed by atoms with Gasteiger partial charge >= 0.3 is 0 Å². The van der Waals surface area contributed by atoms with Crippen LogP contribution >= 0.6 is 11.6 Å². The van der Waals surface area contributed by atoms with Gasteiger partial charge in [0.1, 0.15) is 0 Å². The molecule has 0 fully saturated rings. The van der Waals surface area contributed by atoms with Crippen LogP contribution in [0.5, 0.6) is 0 Å². The van der Waals surface area contributed by atoms with Crippen LogP contribution in [0.1, 0.15) is 23.6 Å². The van der Waals surface area contributed by atoms with Crippen molar-refractivity contribution in [1.29, 1.82) is 5.26 Å². The standard InChI is InChI=1S/C15H13ClN2O/c1-15(19,8-12-5-6-18-10-14(12)16)13-4-2-3-11(7-13)9-17/h2-7,10,19H,8H2,1H3. The first-order valence-corrected chi connectivity index (χ1v) is 6.22. The van der Waals surface area contributed by atoms with Gasteiger partial charge in [-0.05, 0) is 36.2 Å². The van der Waals surface area contributed by atoms with Crippen LogP contribution in [0.25, 0.3) is 0 Å². The molecule has 1 heterocycles. The zero-order valence-corrected chi connectivity index (χ0v) is 11.2. The highest BCUT2D eigenvalue weighted by Crippen LogP contribution is 2.28. The van der Waals surface area contributed by atoms with Gasteiger partial charge in [-0.25, -0.2) is 0 Å². The Balaban J connectivity index is 2.32. The predicted molar refractivity (Wildman–Crippen MR) is 73.7 cm³/mol. The van der Waals surface area contributed by atoms with Crippen LogP contribution < -0.4 is 0 Å². The molecule has 1 atom stereocenters. The van der Waals surface area contributed by atoms with E-state index in [1.807, 2.05) is 0 Å². The monoisotopic (exact) mass is 272 g/mol. The van der Waals surface area contributed by atoms with Gasteiger partial charge in [0.05, 0.1) is 22.3 Å². The van der Waals surface area contributed by atoms with Crippen molar-refractivity contribution in [3.05, 3.63) is 64.4 Å². The number of pyridine rings is 1. The number of rotatable bonds is 3. The Kier molecular flexibility index (Phi) is 3.84. The van der Waals surface area contributed by atoms with Gasteiger partial charge in [-0.1, -0.05) is 23.7 Å². The summed E-state index contributed by atoms with van der Waals surface area (Å²) in [4.78, 5) is 3.92. The summed E-state index contributed by atoms with van der Waals surface area (Å²) in [5.41, 5.74) is 0.958. The first-order chi connectivity index (χ1) is 9.03. The van der Waals surface area contributed by atoms with E-state index >= 15 is 0 Å². The number of hydrogen-bond donors (Lipinski definition) is 1. The largest absolute Gasteiger partial charge is 0.385 e. The van der Waals surface area contributed by atoms with E-state index in [2.05, 4.69) is 11.1 Å². The Morgan fingerprint density at radius 3 is 2.89 bits per heavy atom. The lowest BCUT2D eigenvalue weighted by Crippen LogP contribution is -2.24. The van der Waals surface area contributed by atoms with Crippen molar-refractivity contribution < 1.29 is 5.11 Å². The Morgan fingerprint density at radius 1 is 1.42 bits per heavy atom. The van der Waals surface area contributed by atoms with E-state index in [4.69, 9.17) is 16.9 Å². The van der Waals surface area contributed by atoms with Gasteiger partial charge in [-0.15, -0.1) is 0 Å². The highest BCUT2D eigenvalue weighted by Gasteiger charge is 2.24. The molecule has 1 N–H and O–H groups in total. The Hall–Kier alpha value is -1.89. The number of nitriles is 1. The molecule has 96 valence electrons. The van der Waals surface area contributed by atoms with E-state index in [0.29, 0.717) is 22.6 Å². The van der Waals surface area contributed by atoms with Crippen molar-refractivity contribution in [2.24, 2.45) is 0 Å². The maximum Gasteiger partial charge on any atom is 0.0991 e. The average molecular weight is 273 g/mol. The zero-order valence-electron chi connectivity index (χ0n) is 10.5. The number of nitrogens with zero attached hydrogens (tertiary/aromatic N) is 2. The predicted octanol–water partition coefficient (Wildman–Crippen LogP) is 3.06. The third-order valence-corrected chi connectivity index (χ3v) is 3.35. The van der Waals surface area contributed by atoms with Crippen molar-refractivity contribution in [3.8, 4) is 6.07 Å². The number of hydrogen-bond acceptors (Lipinski definition) is 3. The van der Waals surface area contributed by atoms with Gasteiger partial charge in [0.2, 0.25) is 0 Å². The fourth-order valence-electron chi connectivity index (χ4n) is 1.94. The van der Waals surface area contributed by atoms with Crippen molar-refractivity contribution in [2.75, 3.05) is 0 Å². The molecule has 2 rings (SSSR count). The second-order valence-electron chi connectivity index (χ2n) is 4.61. The molecule has 0 aliphatic carbocycles. The number of aliphatic hydroxyl groups is 1. The van der Waals surface area contributed by atoms with Gasteiger partial charge in [0.15, 0.2) is 0 Å². The van der Waals surface area contributed by atoms with Gasteiger partial charge in [0, 0.05) is 18.8 Å². The van der Waals surface area contributed by atoms with Gasteiger partial charge < -0.3 is 5.11 Å². The number of aromatic nitrogens is 1. The lowest BCUT2D eigenvalue weighted by molar-refractivity contribution is 0.0576. The Labute approximate surface area is 117 Å². The van der Waals surface area contributed by atoms with Gasteiger partial charge in [0.25, 0.3) is 0 Å². The molecule has 0 radical (unpaired) electrons. The second kappa shape index (κ2) is 5.40. The SMILES string of the molecule is CC(O)(Cc1ccncc1Cl)c1cccc(C#N)c1. The Morgan fingerprint density at radius 2 is 2.21 bits per heavy atom. The lowest BCUT2D eigenvalue weighted by atomic mass is 9.88. The van der Waals surface area contributed by atoms with Crippen molar-refractivity contribution in [3.63, 3.8) is 0 Å². The molecule has 0 spiro atoms. The van der Waals surface area contributed by atoms with Crippen LogP contribution in [0.15, 0.2) is 42.7 Å². The molecule has 0 saturated carbocycles. The summed E-state index contributed by atoms with van der Waals surface area (Å²) in [6.07, 6.45) is 3.56. The van der Waals surface area contributed by atoms with Crippen LogP contribution in [-0.2, 0) is 12.0 Å². The molecule has 1 aromatic carbocycles. The summed E-state index contributed by atoms with van der Waals surface area (Å²) in [7, 11) is 0. The fourth-order valence-corrected chi connectivity index (χ4v) is 2.13. The third kappa shape index (κ3) is 3.11. The molecule has 1 aromatic heterocycles. The summed E-state index contributed by atoms with van der Waals surface area (Å²) >= 11 is 6.05. The third-order valence-electron chi connectivity index (χ3n) is 3.00. The summed E-state index contributed by atoms with van der Waals surface area (Å²) in [6, 6.07) is 10.8. The quantitative estimate of drug-likeness (QED) is 0.934. The minimum Gasteiger partial charge on any atom is -0.385 e. The fraction of sp³-hybridized carbons (Fsp3) is 0.200. The minimum atomic E-state index is -1.09.